The molecule has 1 amide bonds. The zero-order valence-electron chi connectivity index (χ0n) is 16.1. The minimum Gasteiger partial charge on any atom is -0.497 e. The number of hydrogen-bond donors (Lipinski definition) is 3. The van der Waals surface area contributed by atoms with Crippen LogP contribution in [0.15, 0.2) is 36.4 Å². The van der Waals surface area contributed by atoms with E-state index in [2.05, 4.69) is 29.2 Å². The number of hydrazine groups is 1. The number of nitrogens with one attached hydrogen (secondary N) is 3. The van der Waals surface area contributed by atoms with Gasteiger partial charge in [-0.25, -0.2) is 0 Å². The maximum absolute atomic E-state index is 12.6. The average Bonchev–Trinajstić information content (AvgIpc) is 3.08. The molecule has 0 saturated heterocycles. The predicted molar refractivity (Wildman–Crippen MR) is 123 cm³/mol. The molecule has 3 rings (SSSR count). The zero-order valence-corrected chi connectivity index (χ0v) is 18.5. The molecule has 3 aromatic rings. The second-order valence-corrected chi connectivity index (χ2v) is 7.87. The van der Waals surface area contributed by atoms with Crippen molar-refractivity contribution in [2.75, 3.05) is 19.5 Å². The van der Waals surface area contributed by atoms with Crippen LogP contribution >= 0.6 is 35.2 Å². The molecule has 0 saturated carbocycles. The number of carbonyl (C=O) groups is 1. The fourth-order valence-corrected chi connectivity index (χ4v) is 4.34. The number of aryl methyl sites for hydroxylation is 1. The Kier molecular flexibility index (Phi) is 6.79. The summed E-state index contributed by atoms with van der Waals surface area (Å²) < 4.78 is 11.5. The molecule has 1 heterocycles. The number of thiophene rings is 1. The maximum atomic E-state index is 12.6. The highest BCUT2D eigenvalue weighted by Gasteiger charge is 2.17. The van der Waals surface area contributed by atoms with Gasteiger partial charge in [-0.15, -0.1) is 11.3 Å². The molecule has 0 fully saturated rings. The first-order chi connectivity index (χ1) is 14.0. The number of benzene rings is 2. The molecule has 0 aliphatic carbocycles. The van der Waals surface area contributed by atoms with E-state index in [0.29, 0.717) is 27.1 Å². The van der Waals surface area contributed by atoms with Crippen LogP contribution in [0.2, 0.25) is 5.02 Å². The van der Waals surface area contributed by atoms with Crippen molar-refractivity contribution in [3.05, 3.63) is 51.9 Å². The van der Waals surface area contributed by atoms with Crippen LogP contribution in [0.25, 0.3) is 10.1 Å². The van der Waals surface area contributed by atoms with Gasteiger partial charge in [-0.1, -0.05) is 30.7 Å². The lowest BCUT2D eigenvalue weighted by Gasteiger charge is -2.14. The summed E-state index contributed by atoms with van der Waals surface area (Å²) >= 11 is 13.0. The molecule has 0 bridgehead atoms. The smallest absolute Gasteiger partial charge is 0.281 e. The molecule has 6 nitrogen and oxygen atoms in total. The molecule has 29 heavy (non-hydrogen) atoms. The Balaban J connectivity index is 1.67. The number of carbonyl (C=O) groups excluding carboxylic acids is 1. The van der Waals surface area contributed by atoms with E-state index in [4.69, 9.17) is 33.3 Å². The number of rotatable bonds is 5. The largest absolute Gasteiger partial charge is 0.497 e. The third kappa shape index (κ3) is 4.72. The highest BCUT2D eigenvalue weighted by Crippen LogP contribution is 2.36. The summed E-state index contributed by atoms with van der Waals surface area (Å²) in [5.41, 5.74) is 7.09. The molecule has 0 aliphatic rings. The topological polar surface area (TPSA) is 71.6 Å². The van der Waals surface area contributed by atoms with Crippen LogP contribution in [0.1, 0.15) is 22.2 Å². The minimum atomic E-state index is -0.361. The fraction of sp³-hybridized carbons (Fsp3) is 0.200. The molecule has 9 heteroatoms. The molecule has 0 radical (unpaired) electrons. The van der Waals surface area contributed by atoms with Gasteiger partial charge in [0.25, 0.3) is 5.91 Å². The Morgan fingerprint density at radius 3 is 2.62 bits per heavy atom. The second kappa shape index (κ2) is 9.30. The van der Waals surface area contributed by atoms with Gasteiger partial charge in [0.2, 0.25) is 0 Å². The maximum Gasteiger partial charge on any atom is 0.281 e. The van der Waals surface area contributed by atoms with E-state index < -0.39 is 0 Å². The molecule has 0 aliphatic heterocycles. The summed E-state index contributed by atoms with van der Waals surface area (Å²) in [5, 5.41) is 4.47. The lowest BCUT2D eigenvalue weighted by molar-refractivity contribution is 0.0948. The van der Waals surface area contributed by atoms with Gasteiger partial charge in [-0.2, -0.15) is 0 Å². The van der Waals surface area contributed by atoms with Gasteiger partial charge in [-0.3, -0.25) is 15.6 Å². The Bertz CT molecular complexity index is 1070. The van der Waals surface area contributed by atoms with Crippen molar-refractivity contribution in [3.8, 4) is 11.5 Å². The zero-order chi connectivity index (χ0) is 21.0. The number of methoxy groups -OCH3 is 2. The molecule has 2 aromatic carbocycles. The molecule has 152 valence electrons. The van der Waals surface area contributed by atoms with Crippen LogP contribution in [0.5, 0.6) is 11.5 Å². The molecule has 3 N–H and O–H groups in total. The van der Waals surface area contributed by atoms with E-state index in [1.807, 2.05) is 12.1 Å². The van der Waals surface area contributed by atoms with Crippen molar-refractivity contribution < 1.29 is 14.3 Å². The van der Waals surface area contributed by atoms with Crippen LogP contribution in [0.4, 0.5) is 5.69 Å². The van der Waals surface area contributed by atoms with Crippen LogP contribution in [0, 0.1) is 0 Å². The summed E-state index contributed by atoms with van der Waals surface area (Å²) in [5.74, 6) is 0.851. The third-order valence-corrected chi connectivity index (χ3v) is 6.11. The van der Waals surface area contributed by atoms with Crippen molar-refractivity contribution in [1.82, 2.24) is 10.9 Å². The molecular formula is C20H20ClN3O3S2. The van der Waals surface area contributed by atoms with E-state index >= 15 is 0 Å². The Labute approximate surface area is 183 Å². The number of amides is 1. The third-order valence-electron chi connectivity index (χ3n) is 4.25. The lowest BCUT2D eigenvalue weighted by atomic mass is 10.1. The first kappa shape index (κ1) is 21.2. The Morgan fingerprint density at radius 1 is 1.14 bits per heavy atom. The number of halogens is 1. The van der Waals surface area contributed by atoms with E-state index in [1.54, 1.807) is 32.4 Å². The lowest BCUT2D eigenvalue weighted by Crippen LogP contribution is -2.43. The normalized spacial score (nSPS) is 10.5. The second-order valence-electron chi connectivity index (χ2n) is 6.03. The van der Waals surface area contributed by atoms with Gasteiger partial charge in [-0.05, 0) is 42.4 Å². The molecule has 0 unspecified atom stereocenters. The summed E-state index contributed by atoms with van der Waals surface area (Å²) in [6, 6.07) is 11.3. The summed E-state index contributed by atoms with van der Waals surface area (Å²) in [6.45, 7) is 2.08. The van der Waals surface area contributed by atoms with Crippen LogP contribution in [-0.4, -0.2) is 25.2 Å². The summed E-state index contributed by atoms with van der Waals surface area (Å²) in [7, 11) is 3.12. The average molecular weight is 450 g/mol. The first-order valence-corrected chi connectivity index (χ1v) is 10.4. The van der Waals surface area contributed by atoms with Gasteiger partial charge in [0, 0.05) is 16.2 Å². The van der Waals surface area contributed by atoms with E-state index in [0.717, 1.165) is 16.5 Å². The van der Waals surface area contributed by atoms with Crippen molar-refractivity contribution in [2.24, 2.45) is 0 Å². The molecular weight excluding hydrogens is 430 g/mol. The minimum absolute atomic E-state index is 0.201. The fourth-order valence-electron chi connectivity index (χ4n) is 2.70. The standard InChI is InChI=1S/C20H20ClN3O3S2/c1-4-11-5-7-13-16(9-11)29-18(17(13)21)19(25)23-24-20(28)22-14-8-6-12(26-2)10-15(14)27-3/h5-10H,4H2,1-3H3,(H,23,25)(H2,22,24,28). The van der Waals surface area contributed by atoms with Gasteiger partial charge < -0.3 is 14.8 Å². The SMILES string of the molecule is CCc1ccc2c(Cl)c(C(=O)NNC(=S)Nc3ccc(OC)cc3OC)sc2c1. The van der Waals surface area contributed by atoms with Crippen LogP contribution < -0.4 is 25.6 Å². The van der Waals surface area contributed by atoms with Crippen LogP contribution in [0.3, 0.4) is 0 Å². The Hall–Kier alpha value is -2.55. The quantitative estimate of drug-likeness (QED) is 0.385. The van der Waals surface area contributed by atoms with E-state index in [-0.39, 0.29) is 11.0 Å². The summed E-state index contributed by atoms with van der Waals surface area (Å²) in [6.07, 6.45) is 0.920. The highest BCUT2D eigenvalue weighted by molar-refractivity contribution is 7.80. The highest BCUT2D eigenvalue weighted by atomic mass is 35.5. The number of thiocarbonyl (C=S) groups is 1. The molecule has 1 aromatic heterocycles. The number of hydrogen-bond acceptors (Lipinski definition) is 5. The number of ether oxygens (including phenoxy) is 2. The van der Waals surface area contributed by atoms with Crippen LogP contribution in [-0.2, 0) is 6.42 Å². The van der Waals surface area contributed by atoms with Crippen molar-refractivity contribution >= 4 is 61.9 Å². The van der Waals surface area contributed by atoms with Gasteiger partial charge in [0.15, 0.2) is 5.11 Å². The molecule has 0 atom stereocenters. The van der Waals surface area contributed by atoms with Gasteiger partial charge in [0.1, 0.15) is 16.4 Å². The van der Waals surface area contributed by atoms with Crippen molar-refractivity contribution in [1.29, 1.82) is 0 Å². The van der Waals surface area contributed by atoms with Gasteiger partial charge >= 0.3 is 0 Å². The molecule has 0 spiro atoms. The van der Waals surface area contributed by atoms with E-state index in [1.165, 1.54) is 16.9 Å². The first-order valence-electron chi connectivity index (χ1n) is 8.77. The van der Waals surface area contributed by atoms with Crippen molar-refractivity contribution in [2.45, 2.75) is 13.3 Å². The van der Waals surface area contributed by atoms with Crippen molar-refractivity contribution in [3.63, 3.8) is 0 Å². The Morgan fingerprint density at radius 2 is 1.93 bits per heavy atom. The van der Waals surface area contributed by atoms with Gasteiger partial charge in [0.05, 0.1) is 24.9 Å². The van der Waals surface area contributed by atoms with E-state index in [9.17, 15) is 4.79 Å². The number of anilines is 1. The predicted octanol–water partition coefficient (Wildman–Crippen LogP) is 4.77. The number of fused-ring (bicyclic) bond motifs is 1. The monoisotopic (exact) mass is 449 g/mol. The summed E-state index contributed by atoms with van der Waals surface area (Å²) in [4.78, 5) is 13.0.